The molecule has 2 amide bonds. The van der Waals surface area contributed by atoms with Crippen molar-refractivity contribution in [1.29, 1.82) is 0 Å². The molecule has 0 unspecified atom stereocenters. The van der Waals surface area contributed by atoms with Gasteiger partial charge in [0, 0.05) is 22.7 Å². The number of ether oxygens (including phenoxy) is 3. The molecular weight excluding hydrogens is 436 g/mol. The zero-order valence-electron chi connectivity index (χ0n) is 19.0. The fraction of sp³-hybridized carbons (Fsp3) is 0.154. The molecule has 2 N–H and O–H groups in total. The Labute approximate surface area is 196 Å². The van der Waals surface area contributed by atoms with Crippen LogP contribution in [0.4, 0.5) is 11.4 Å². The molecule has 0 spiro atoms. The fourth-order valence-electron chi connectivity index (χ4n) is 3.44. The quantitative estimate of drug-likeness (QED) is 0.368. The third kappa shape index (κ3) is 4.80. The summed E-state index contributed by atoms with van der Waals surface area (Å²) in [6, 6.07) is 18.9. The van der Waals surface area contributed by atoms with Crippen LogP contribution in [0.5, 0.6) is 17.2 Å². The van der Waals surface area contributed by atoms with E-state index in [1.54, 1.807) is 66.7 Å². The first-order valence-corrected chi connectivity index (χ1v) is 10.6. The van der Waals surface area contributed by atoms with E-state index in [0.717, 1.165) is 0 Å². The van der Waals surface area contributed by atoms with Crippen molar-refractivity contribution in [2.75, 3.05) is 31.5 Å². The van der Waals surface area contributed by atoms with Gasteiger partial charge in [-0.25, -0.2) is 0 Å². The number of amides is 2. The lowest BCUT2D eigenvalue weighted by Crippen LogP contribution is -2.17. The Balaban J connectivity index is 1.65. The summed E-state index contributed by atoms with van der Waals surface area (Å²) in [5.74, 6) is 0.673. The average Bonchev–Trinajstić information content (AvgIpc) is 3.23. The second kappa shape index (κ2) is 9.99. The van der Waals surface area contributed by atoms with Gasteiger partial charge >= 0.3 is 0 Å². The first kappa shape index (κ1) is 22.7. The van der Waals surface area contributed by atoms with E-state index < -0.39 is 11.8 Å². The lowest BCUT2D eigenvalue weighted by molar-refractivity contribution is 0.0999. The van der Waals surface area contributed by atoms with E-state index in [-0.39, 0.29) is 11.4 Å². The number of carbonyl (C=O) groups excluding carboxylic acids is 2. The number of rotatable bonds is 8. The molecule has 0 saturated heterocycles. The van der Waals surface area contributed by atoms with Crippen LogP contribution in [0.1, 0.15) is 27.8 Å². The zero-order chi connectivity index (χ0) is 24.1. The van der Waals surface area contributed by atoms with Crippen LogP contribution < -0.4 is 24.8 Å². The van der Waals surface area contributed by atoms with Gasteiger partial charge in [0.25, 0.3) is 11.8 Å². The Morgan fingerprint density at radius 3 is 2.15 bits per heavy atom. The highest BCUT2D eigenvalue weighted by Crippen LogP contribution is 2.32. The van der Waals surface area contributed by atoms with Gasteiger partial charge in [-0.15, -0.1) is 0 Å². The van der Waals surface area contributed by atoms with Crippen LogP contribution in [0.3, 0.4) is 0 Å². The highest BCUT2D eigenvalue weighted by atomic mass is 16.5. The third-order valence-electron chi connectivity index (χ3n) is 5.08. The van der Waals surface area contributed by atoms with Crippen molar-refractivity contribution in [2.45, 2.75) is 6.92 Å². The molecule has 0 fully saturated rings. The van der Waals surface area contributed by atoms with Gasteiger partial charge in [0.1, 0.15) is 28.5 Å². The zero-order valence-corrected chi connectivity index (χ0v) is 19.0. The van der Waals surface area contributed by atoms with Gasteiger partial charge in [-0.05, 0) is 55.5 Å². The van der Waals surface area contributed by atoms with E-state index >= 15 is 0 Å². The summed E-state index contributed by atoms with van der Waals surface area (Å²) in [5.41, 5.74) is 1.60. The molecular formula is C26H24N2O6. The number of carbonyl (C=O) groups is 2. The summed E-state index contributed by atoms with van der Waals surface area (Å²) >= 11 is 0. The van der Waals surface area contributed by atoms with Crippen molar-refractivity contribution in [3.63, 3.8) is 0 Å². The van der Waals surface area contributed by atoms with Crippen LogP contribution in [-0.4, -0.2) is 32.6 Å². The highest BCUT2D eigenvalue weighted by molar-refractivity contribution is 6.17. The van der Waals surface area contributed by atoms with E-state index in [0.29, 0.717) is 46.1 Å². The third-order valence-corrected chi connectivity index (χ3v) is 5.08. The topological polar surface area (TPSA) is 99.0 Å². The molecule has 0 aliphatic heterocycles. The number of hydrogen-bond donors (Lipinski definition) is 2. The Bertz CT molecular complexity index is 1300. The summed E-state index contributed by atoms with van der Waals surface area (Å²) in [6.07, 6.45) is 0. The summed E-state index contributed by atoms with van der Waals surface area (Å²) in [4.78, 5) is 26.2. The maximum atomic E-state index is 13.1. The van der Waals surface area contributed by atoms with Crippen LogP contribution >= 0.6 is 0 Å². The SMILES string of the molecule is CCOc1ccc(NC(=O)c2oc3ccccc3c2NC(=O)c2cc(OC)cc(OC)c2)cc1. The Hall–Kier alpha value is -4.46. The Morgan fingerprint density at radius 1 is 0.824 bits per heavy atom. The second-order valence-electron chi connectivity index (χ2n) is 7.27. The lowest BCUT2D eigenvalue weighted by Gasteiger charge is -2.10. The van der Waals surface area contributed by atoms with E-state index in [1.807, 2.05) is 6.92 Å². The van der Waals surface area contributed by atoms with E-state index in [1.165, 1.54) is 14.2 Å². The molecule has 4 rings (SSSR count). The molecule has 8 nitrogen and oxygen atoms in total. The molecule has 3 aromatic carbocycles. The van der Waals surface area contributed by atoms with Crippen molar-refractivity contribution in [3.05, 3.63) is 78.1 Å². The minimum absolute atomic E-state index is 0.0155. The molecule has 0 aliphatic rings. The number of hydrogen-bond acceptors (Lipinski definition) is 6. The molecule has 8 heteroatoms. The fourth-order valence-corrected chi connectivity index (χ4v) is 3.44. The molecule has 0 bridgehead atoms. The van der Waals surface area contributed by atoms with Gasteiger partial charge < -0.3 is 29.3 Å². The van der Waals surface area contributed by atoms with E-state index in [4.69, 9.17) is 18.6 Å². The molecule has 34 heavy (non-hydrogen) atoms. The summed E-state index contributed by atoms with van der Waals surface area (Å²) < 4.78 is 21.8. The minimum atomic E-state index is -0.501. The largest absolute Gasteiger partial charge is 0.497 e. The summed E-state index contributed by atoms with van der Waals surface area (Å²) in [6.45, 7) is 2.45. The second-order valence-corrected chi connectivity index (χ2v) is 7.27. The van der Waals surface area contributed by atoms with Gasteiger partial charge in [0.05, 0.1) is 20.8 Å². The molecule has 0 aliphatic carbocycles. The number of para-hydroxylation sites is 1. The number of benzene rings is 3. The normalized spacial score (nSPS) is 10.6. The summed E-state index contributed by atoms with van der Waals surface area (Å²) in [7, 11) is 3.01. The smallest absolute Gasteiger partial charge is 0.293 e. The maximum Gasteiger partial charge on any atom is 0.293 e. The lowest BCUT2D eigenvalue weighted by atomic mass is 10.1. The van der Waals surface area contributed by atoms with Crippen molar-refractivity contribution >= 4 is 34.2 Å². The first-order valence-electron chi connectivity index (χ1n) is 10.6. The number of methoxy groups -OCH3 is 2. The van der Waals surface area contributed by atoms with E-state index in [2.05, 4.69) is 10.6 Å². The number of furan rings is 1. The Morgan fingerprint density at radius 2 is 1.50 bits per heavy atom. The molecule has 1 heterocycles. The monoisotopic (exact) mass is 460 g/mol. The van der Waals surface area contributed by atoms with Crippen molar-refractivity contribution in [2.24, 2.45) is 0 Å². The molecule has 0 atom stereocenters. The average molecular weight is 460 g/mol. The van der Waals surface area contributed by atoms with Crippen molar-refractivity contribution in [3.8, 4) is 17.2 Å². The minimum Gasteiger partial charge on any atom is -0.497 e. The van der Waals surface area contributed by atoms with Crippen molar-refractivity contribution in [1.82, 2.24) is 0 Å². The van der Waals surface area contributed by atoms with Crippen molar-refractivity contribution < 1.29 is 28.2 Å². The Kier molecular flexibility index (Phi) is 6.68. The molecule has 0 radical (unpaired) electrons. The molecule has 174 valence electrons. The van der Waals surface area contributed by atoms with Crippen LogP contribution in [0.25, 0.3) is 11.0 Å². The van der Waals surface area contributed by atoms with Crippen LogP contribution in [0.15, 0.2) is 71.1 Å². The van der Waals surface area contributed by atoms with Crippen LogP contribution in [0, 0.1) is 0 Å². The summed E-state index contributed by atoms with van der Waals surface area (Å²) in [5, 5.41) is 6.22. The van der Waals surface area contributed by atoms with Crippen LogP contribution in [0.2, 0.25) is 0 Å². The number of anilines is 2. The maximum absolute atomic E-state index is 13.1. The van der Waals surface area contributed by atoms with Gasteiger partial charge in [-0.2, -0.15) is 0 Å². The van der Waals surface area contributed by atoms with Gasteiger partial charge in [0.2, 0.25) is 5.76 Å². The van der Waals surface area contributed by atoms with Gasteiger partial charge in [0.15, 0.2) is 0 Å². The standard InChI is InChI=1S/C26H24N2O6/c1-4-33-18-11-9-17(10-12-18)27-26(30)24-23(21-7-5-6-8-22(21)34-24)28-25(29)16-13-19(31-2)15-20(14-16)32-3/h5-15H,4H2,1-3H3,(H,27,30)(H,28,29). The molecule has 1 aromatic heterocycles. The first-order chi connectivity index (χ1) is 16.5. The number of nitrogens with one attached hydrogen (secondary N) is 2. The van der Waals surface area contributed by atoms with Gasteiger partial charge in [-0.3, -0.25) is 9.59 Å². The molecule has 4 aromatic rings. The highest BCUT2D eigenvalue weighted by Gasteiger charge is 2.23. The van der Waals surface area contributed by atoms with E-state index in [9.17, 15) is 9.59 Å². The predicted octanol–water partition coefficient (Wildman–Crippen LogP) is 5.35. The van der Waals surface area contributed by atoms with Gasteiger partial charge in [-0.1, -0.05) is 12.1 Å². The molecule has 0 saturated carbocycles. The number of fused-ring (bicyclic) bond motifs is 1. The predicted molar refractivity (Wildman–Crippen MR) is 129 cm³/mol. The van der Waals surface area contributed by atoms with Crippen LogP contribution in [-0.2, 0) is 0 Å².